The fraction of sp³-hybridized carbons (Fsp3) is 0.310. The van der Waals surface area contributed by atoms with Crippen molar-refractivity contribution < 1.29 is 14.3 Å². The van der Waals surface area contributed by atoms with E-state index in [1.165, 1.54) is 0 Å². The van der Waals surface area contributed by atoms with Crippen molar-refractivity contribution >= 4 is 23.4 Å². The van der Waals surface area contributed by atoms with Gasteiger partial charge in [0.2, 0.25) is 11.8 Å². The van der Waals surface area contributed by atoms with Crippen LogP contribution in [0.5, 0.6) is 5.75 Å². The van der Waals surface area contributed by atoms with Gasteiger partial charge in [-0.25, -0.2) is 0 Å². The smallest absolute Gasteiger partial charge is 0.247 e. The molecule has 0 aliphatic heterocycles. The van der Waals surface area contributed by atoms with Crippen LogP contribution in [0.1, 0.15) is 48.9 Å². The van der Waals surface area contributed by atoms with Gasteiger partial charge in [0.1, 0.15) is 11.8 Å². The second-order valence-corrected chi connectivity index (χ2v) is 8.92. The number of hydrogen-bond donors (Lipinski definition) is 1. The largest absolute Gasteiger partial charge is 0.497 e. The molecule has 6 heteroatoms. The summed E-state index contributed by atoms with van der Waals surface area (Å²) in [6, 6.07) is 23.5. The zero-order valence-electron chi connectivity index (χ0n) is 20.4. The Morgan fingerprint density at radius 1 is 0.914 bits per heavy atom. The molecule has 3 aromatic carbocycles. The van der Waals surface area contributed by atoms with Gasteiger partial charge in [0.15, 0.2) is 0 Å². The lowest BCUT2D eigenvalue weighted by Crippen LogP contribution is -2.44. The Hall–Kier alpha value is -3.31. The summed E-state index contributed by atoms with van der Waals surface area (Å²) in [4.78, 5) is 28.9. The maximum Gasteiger partial charge on any atom is 0.247 e. The molecule has 0 aromatic heterocycles. The first-order chi connectivity index (χ1) is 17.0. The molecule has 0 fully saturated rings. The van der Waals surface area contributed by atoms with E-state index in [1.54, 1.807) is 24.1 Å². The molecule has 2 amide bonds. The number of carbonyl (C=O) groups is 2. The second-order valence-electron chi connectivity index (χ2n) is 8.48. The maximum atomic E-state index is 13.7. The number of carbonyl (C=O) groups excluding carboxylic acids is 2. The number of rotatable bonds is 12. The van der Waals surface area contributed by atoms with Crippen LogP contribution in [0.3, 0.4) is 0 Å². The van der Waals surface area contributed by atoms with Crippen molar-refractivity contribution in [2.45, 2.75) is 45.2 Å². The standard InChI is InChI=1S/C29H33ClN2O3/c1-3-4-8-19-31-29(34)28(24-9-6-5-7-10-24)32(21-23-13-17-26(35-2)18-14-23)27(33)20-22-11-15-25(30)16-12-22/h5-7,9-18,28H,3-4,8,19-21H2,1-2H3,(H,31,34)/t28-/m1/s1. The third-order valence-electron chi connectivity index (χ3n) is 5.86. The predicted octanol–water partition coefficient (Wildman–Crippen LogP) is 5.97. The van der Waals surface area contributed by atoms with Gasteiger partial charge in [0, 0.05) is 18.1 Å². The highest BCUT2D eigenvalue weighted by atomic mass is 35.5. The number of hydrogen-bond acceptors (Lipinski definition) is 3. The number of benzene rings is 3. The minimum Gasteiger partial charge on any atom is -0.497 e. The lowest BCUT2D eigenvalue weighted by molar-refractivity contribution is -0.141. The van der Waals surface area contributed by atoms with Crippen molar-refractivity contribution in [1.29, 1.82) is 0 Å². The minimum absolute atomic E-state index is 0.138. The zero-order valence-corrected chi connectivity index (χ0v) is 21.1. The van der Waals surface area contributed by atoms with Crippen LogP contribution in [0.4, 0.5) is 0 Å². The first kappa shape index (κ1) is 26.3. The molecule has 0 heterocycles. The molecule has 0 bridgehead atoms. The van der Waals surface area contributed by atoms with Gasteiger partial charge in [0.25, 0.3) is 0 Å². The van der Waals surface area contributed by atoms with Gasteiger partial charge in [-0.15, -0.1) is 0 Å². The van der Waals surface area contributed by atoms with Crippen LogP contribution in [0.25, 0.3) is 0 Å². The highest BCUT2D eigenvalue weighted by Gasteiger charge is 2.31. The maximum absolute atomic E-state index is 13.7. The zero-order chi connectivity index (χ0) is 25.0. The Morgan fingerprint density at radius 3 is 2.20 bits per heavy atom. The molecule has 0 unspecified atom stereocenters. The topological polar surface area (TPSA) is 58.6 Å². The highest BCUT2D eigenvalue weighted by Crippen LogP contribution is 2.26. The molecule has 3 aromatic rings. The van der Waals surface area contributed by atoms with Gasteiger partial charge in [0.05, 0.1) is 13.5 Å². The summed E-state index contributed by atoms with van der Waals surface area (Å²) in [5.41, 5.74) is 2.53. The van der Waals surface area contributed by atoms with Crippen molar-refractivity contribution in [3.63, 3.8) is 0 Å². The summed E-state index contributed by atoms with van der Waals surface area (Å²) < 4.78 is 5.27. The van der Waals surface area contributed by atoms with E-state index in [-0.39, 0.29) is 18.2 Å². The Balaban J connectivity index is 1.94. The molecule has 5 nitrogen and oxygen atoms in total. The predicted molar refractivity (Wildman–Crippen MR) is 140 cm³/mol. The number of unbranched alkanes of at least 4 members (excludes halogenated alkanes) is 2. The summed E-state index contributed by atoms with van der Waals surface area (Å²) in [7, 11) is 1.62. The molecule has 1 atom stereocenters. The Kier molecular flexibility index (Phi) is 10.2. The summed E-state index contributed by atoms with van der Waals surface area (Å²) in [6.07, 6.45) is 3.18. The first-order valence-electron chi connectivity index (χ1n) is 12.0. The molecule has 1 N–H and O–H groups in total. The molecule has 0 aliphatic rings. The van der Waals surface area contributed by atoms with Gasteiger partial charge in [-0.2, -0.15) is 0 Å². The van der Waals surface area contributed by atoms with Crippen molar-refractivity contribution in [3.05, 3.63) is 101 Å². The average Bonchev–Trinajstić information content (AvgIpc) is 2.88. The molecule has 0 radical (unpaired) electrons. The van der Waals surface area contributed by atoms with Crippen molar-refractivity contribution in [2.75, 3.05) is 13.7 Å². The number of ether oxygens (including phenoxy) is 1. The van der Waals surface area contributed by atoms with Crippen LogP contribution < -0.4 is 10.1 Å². The molecule has 3 rings (SSSR count). The van der Waals surface area contributed by atoms with E-state index in [9.17, 15) is 9.59 Å². The van der Waals surface area contributed by atoms with Crippen molar-refractivity contribution in [1.82, 2.24) is 10.2 Å². The Morgan fingerprint density at radius 2 is 1.57 bits per heavy atom. The van der Waals surface area contributed by atoms with Gasteiger partial charge < -0.3 is 15.0 Å². The molecule has 0 spiro atoms. The quantitative estimate of drug-likeness (QED) is 0.317. The van der Waals surface area contributed by atoms with Crippen LogP contribution in [0, 0.1) is 0 Å². The summed E-state index contributed by atoms with van der Waals surface area (Å²) in [5, 5.41) is 3.67. The van der Waals surface area contributed by atoms with Crippen LogP contribution in [0.2, 0.25) is 5.02 Å². The van der Waals surface area contributed by atoms with Gasteiger partial charge in [-0.05, 0) is 47.4 Å². The molecular formula is C29H33ClN2O3. The fourth-order valence-corrected chi connectivity index (χ4v) is 4.05. The third kappa shape index (κ3) is 7.86. The minimum atomic E-state index is -0.750. The average molecular weight is 493 g/mol. The monoisotopic (exact) mass is 492 g/mol. The summed E-state index contributed by atoms with van der Waals surface area (Å²) in [5.74, 6) is 0.423. The van der Waals surface area contributed by atoms with Crippen LogP contribution in [0.15, 0.2) is 78.9 Å². The number of nitrogens with one attached hydrogen (secondary N) is 1. The van der Waals surface area contributed by atoms with Crippen molar-refractivity contribution in [3.8, 4) is 5.75 Å². The third-order valence-corrected chi connectivity index (χ3v) is 6.11. The molecular weight excluding hydrogens is 460 g/mol. The number of amides is 2. The Bertz CT molecular complexity index is 1070. The second kappa shape index (κ2) is 13.5. The van der Waals surface area contributed by atoms with E-state index in [2.05, 4.69) is 12.2 Å². The lowest BCUT2D eigenvalue weighted by Gasteiger charge is -2.32. The van der Waals surface area contributed by atoms with E-state index >= 15 is 0 Å². The molecule has 35 heavy (non-hydrogen) atoms. The fourth-order valence-electron chi connectivity index (χ4n) is 3.92. The van der Waals surface area contributed by atoms with Crippen LogP contribution >= 0.6 is 11.6 Å². The number of halogens is 1. The summed E-state index contributed by atoms with van der Waals surface area (Å²) in [6.45, 7) is 3.00. The van der Waals surface area contributed by atoms with Gasteiger partial charge >= 0.3 is 0 Å². The van der Waals surface area contributed by atoms with Gasteiger partial charge in [-0.1, -0.05) is 86.0 Å². The molecule has 184 valence electrons. The van der Waals surface area contributed by atoms with E-state index in [4.69, 9.17) is 16.3 Å². The van der Waals surface area contributed by atoms with Crippen molar-refractivity contribution in [2.24, 2.45) is 0 Å². The van der Waals surface area contributed by atoms with Crippen LogP contribution in [-0.4, -0.2) is 30.4 Å². The molecule has 0 saturated carbocycles. The number of methoxy groups -OCH3 is 1. The SMILES string of the molecule is CCCCCNC(=O)[C@@H](c1ccccc1)N(Cc1ccc(OC)cc1)C(=O)Cc1ccc(Cl)cc1. The van der Waals surface area contributed by atoms with Gasteiger partial charge in [-0.3, -0.25) is 9.59 Å². The first-order valence-corrected chi connectivity index (χ1v) is 12.4. The van der Waals surface area contributed by atoms with E-state index < -0.39 is 6.04 Å². The summed E-state index contributed by atoms with van der Waals surface area (Å²) >= 11 is 6.03. The van der Waals surface area contributed by atoms with E-state index in [1.807, 2.05) is 66.7 Å². The molecule has 0 aliphatic carbocycles. The number of nitrogens with zero attached hydrogens (tertiary/aromatic N) is 1. The molecule has 0 saturated heterocycles. The normalized spacial score (nSPS) is 11.5. The van der Waals surface area contributed by atoms with E-state index in [0.717, 1.165) is 41.7 Å². The van der Waals surface area contributed by atoms with E-state index in [0.29, 0.717) is 18.1 Å². The lowest BCUT2D eigenvalue weighted by atomic mass is 10.0. The Labute approximate surface area is 213 Å². The van der Waals surface area contributed by atoms with Crippen LogP contribution in [-0.2, 0) is 22.6 Å². The highest BCUT2D eigenvalue weighted by molar-refractivity contribution is 6.30.